The zero-order valence-corrected chi connectivity index (χ0v) is 23.4. The molecule has 1 saturated heterocycles. The number of rotatable bonds is 7. The maximum atomic E-state index is 13.6. The van der Waals surface area contributed by atoms with Crippen LogP contribution in [0.25, 0.3) is 16.0 Å². The molecule has 3 aromatic carbocycles. The van der Waals surface area contributed by atoms with Gasteiger partial charge >= 0.3 is 5.91 Å². The molecule has 0 bridgehead atoms. The van der Waals surface area contributed by atoms with E-state index in [1.54, 1.807) is 25.3 Å². The predicted molar refractivity (Wildman–Crippen MR) is 154 cm³/mol. The monoisotopic (exact) mass is 542 g/mol. The first-order valence-electron chi connectivity index (χ1n) is 12.8. The molecule has 1 aliphatic heterocycles. The lowest BCUT2D eigenvalue weighted by atomic mass is 9.94. The molecule has 5 rings (SSSR count). The Labute approximate surface area is 231 Å². The molecular weight excluding hydrogens is 512 g/mol. The summed E-state index contributed by atoms with van der Waals surface area (Å²) in [5.41, 5.74) is 4.72. The Balaban J connectivity index is 1.72. The Bertz CT molecular complexity index is 1640. The van der Waals surface area contributed by atoms with Gasteiger partial charge in [0.05, 0.1) is 35.5 Å². The van der Waals surface area contributed by atoms with Gasteiger partial charge in [-0.25, -0.2) is 4.98 Å². The normalized spacial score (nSPS) is 16.7. The number of amides is 1. The van der Waals surface area contributed by atoms with Crippen molar-refractivity contribution in [2.75, 3.05) is 18.6 Å². The fraction of sp³-hybridized carbons (Fsp3) is 0.258. The molecule has 1 aromatic heterocycles. The number of ketones is 1. The molecule has 1 unspecified atom stereocenters. The molecule has 7 nitrogen and oxygen atoms in total. The third-order valence-electron chi connectivity index (χ3n) is 6.78. The third-order valence-corrected chi connectivity index (χ3v) is 7.79. The van der Waals surface area contributed by atoms with Gasteiger partial charge in [-0.3, -0.25) is 14.5 Å². The second-order valence-corrected chi connectivity index (χ2v) is 10.7. The van der Waals surface area contributed by atoms with Crippen molar-refractivity contribution < 1.29 is 24.2 Å². The smallest absolute Gasteiger partial charge is 0.301 e. The standard InChI is InChI=1S/C31H30N2O5S/c1-6-12-38-22-9-7-8-20(16-22)27-25(28(34)21-10-11-23(37-5)18(3)15-21)29(35)30(36)33(27)31-32-26-19(4)13-17(2)14-24(26)39-31/h7-11,13-16,27,34H,6,12H2,1-5H3/b28-25+. The summed E-state index contributed by atoms with van der Waals surface area (Å²) in [6, 6.07) is 15.6. The van der Waals surface area contributed by atoms with Gasteiger partial charge < -0.3 is 14.6 Å². The fourth-order valence-corrected chi connectivity index (χ4v) is 6.15. The minimum atomic E-state index is -0.889. The highest BCUT2D eigenvalue weighted by atomic mass is 32.1. The number of carbonyl (C=O) groups excluding carboxylic acids is 2. The number of aliphatic hydroxyl groups excluding tert-OH is 1. The lowest BCUT2D eigenvalue weighted by Gasteiger charge is -2.23. The van der Waals surface area contributed by atoms with Gasteiger partial charge in [-0.05, 0) is 85.8 Å². The predicted octanol–water partition coefficient (Wildman–Crippen LogP) is 6.65. The van der Waals surface area contributed by atoms with E-state index in [1.807, 2.05) is 64.1 Å². The van der Waals surface area contributed by atoms with Gasteiger partial charge in [-0.15, -0.1) is 0 Å². The topological polar surface area (TPSA) is 89.0 Å². The number of fused-ring (bicyclic) bond motifs is 1. The van der Waals surface area contributed by atoms with Crippen LogP contribution in [0.15, 0.2) is 60.2 Å². The molecule has 0 spiro atoms. The quantitative estimate of drug-likeness (QED) is 0.160. The minimum Gasteiger partial charge on any atom is -0.507 e. The van der Waals surface area contributed by atoms with Gasteiger partial charge in [0, 0.05) is 5.56 Å². The lowest BCUT2D eigenvalue weighted by Crippen LogP contribution is -2.29. The van der Waals surface area contributed by atoms with Crippen LogP contribution < -0.4 is 14.4 Å². The highest BCUT2D eigenvalue weighted by molar-refractivity contribution is 7.22. The largest absolute Gasteiger partial charge is 0.507 e. The van der Waals surface area contributed by atoms with Gasteiger partial charge in [0.2, 0.25) is 0 Å². The van der Waals surface area contributed by atoms with Gasteiger partial charge in [0.15, 0.2) is 5.13 Å². The molecule has 8 heteroatoms. The molecule has 1 atom stereocenters. The maximum Gasteiger partial charge on any atom is 0.301 e. The molecule has 1 amide bonds. The van der Waals surface area contributed by atoms with Crippen LogP contribution in [0, 0.1) is 20.8 Å². The summed E-state index contributed by atoms with van der Waals surface area (Å²) in [7, 11) is 1.57. The van der Waals surface area contributed by atoms with Crippen LogP contribution in [0.4, 0.5) is 5.13 Å². The number of benzene rings is 3. The molecule has 0 radical (unpaired) electrons. The van der Waals surface area contributed by atoms with E-state index in [9.17, 15) is 14.7 Å². The van der Waals surface area contributed by atoms with E-state index in [0.717, 1.165) is 33.3 Å². The van der Waals surface area contributed by atoms with E-state index in [2.05, 4.69) is 0 Å². The van der Waals surface area contributed by atoms with Crippen LogP contribution >= 0.6 is 11.3 Å². The highest BCUT2D eigenvalue weighted by Gasteiger charge is 2.48. The second-order valence-electron chi connectivity index (χ2n) is 9.70. The highest BCUT2D eigenvalue weighted by Crippen LogP contribution is 2.45. The SMILES string of the molecule is CCCOc1cccc(C2/C(=C(\O)c3ccc(OC)c(C)c3)C(=O)C(=O)N2c2nc3c(C)cc(C)cc3s2)c1. The number of hydrogen-bond donors (Lipinski definition) is 1. The molecule has 1 N–H and O–H groups in total. The van der Waals surface area contributed by atoms with Crippen LogP contribution in [0.2, 0.25) is 0 Å². The van der Waals surface area contributed by atoms with Gasteiger partial charge in [-0.1, -0.05) is 36.5 Å². The summed E-state index contributed by atoms with van der Waals surface area (Å²) in [6.45, 7) is 8.39. The zero-order valence-electron chi connectivity index (χ0n) is 22.6. The average molecular weight is 543 g/mol. The van der Waals surface area contributed by atoms with E-state index in [0.29, 0.717) is 34.4 Å². The minimum absolute atomic E-state index is 0.00404. The van der Waals surface area contributed by atoms with Crippen LogP contribution in [0.1, 0.15) is 47.2 Å². The van der Waals surface area contributed by atoms with E-state index in [4.69, 9.17) is 14.5 Å². The summed E-state index contributed by atoms with van der Waals surface area (Å²) >= 11 is 1.35. The van der Waals surface area contributed by atoms with E-state index < -0.39 is 17.7 Å². The first kappa shape index (κ1) is 26.4. The van der Waals surface area contributed by atoms with Gasteiger partial charge in [-0.2, -0.15) is 0 Å². The lowest BCUT2D eigenvalue weighted by molar-refractivity contribution is -0.132. The number of thiazole rings is 1. The van der Waals surface area contributed by atoms with Crippen LogP contribution in [-0.4, -0.2) is 35.5 Å². The van der Waals surface area contributed by atoms with Crippen LogP contribution in [0.3, 0.4) is 0 Å². The zero-order chi connectivity index (χ0) is 27.8. The number of methoxy groups -OCH3 is 1. The Hall–Kier alpha value is -4.17. The number of aromatic nitrogens is 1. The molecule has 2 heterocycles. The van der Waals surface area contributed by atoms with Crippen molar-refractivity contribution in [3.05, 3.63) is 88.0 Å². The van der Waals surface area contributed by atoms with E-state index in [-0.39, 0.29) is 11.3 Å². The van der Waals surface area contributed by atoms with Crippen molar-refractivity contribution >= 4 is 44.1 Å². The molecule has 39 heavy (non-hydrogen) atoms. The number of aryl methyl sites for hydroxylation is 3. The molecule has 1 aliphatic rings. The van der Waals surface area contributed by atoms with E-state index in [1.165, 1.54) is 16.2 Å². The number of Topliss-reactive ketones (excluding diaryl/α,β-unsaturated/α-hetero) is 1. The van der Waals surface area contributed by atoms with Crippen molar-refractivity contribution in [2.24, 2.45) is 0 Å². The van der Waals surface area contributed by atoms with Gasteiger partial charge in [0.25, 0.3) is 5.78 Å². The molecule has 0 saturated carbocycles. The summed E-state index contributed by atoms with van der Waals surface area (Å²) in [5, 5.41) is 11.9. The van der Waals surface area contributed by atoms with Crippen molar-refractivity contribution in [1.29, 1.82) is 0 Å². The summed E-state index contributed by atoms with van der Waals surface area (Å²) in [5.74, 6) is -0.474. The van der Waals surface area contributed by atoms with Crippen molar-refractivity contribution in [3.63, 3.8) is 0 Å². The molecule has 4 aromatic rings. The first-order chi connectivity index (χ1) is 18.7. The number of aliphatic hydroxyl groups is 1. The van der Waals surface area contributed by atoms with E-state index >= 15 is 0 Å². The summed E-state index contributed by atoms with van der Waals surface area (Å²) in [6.07, 6.45) is 0.837. The molecule has 0 aliphatic carbocycles. The Kier molecular flexibility index (Phi) is 7.14. The number of hydrogen-bond acceptors (Lipinski definition) is 7. The maximum absolute atomic E-state index is 13.6. The van der Waals surface area contributed by atoms with Crippen molar-refractivity contribution in [2.45, 2.75) is 40.2 Å². The second kappa shape index (κ2) is 10.5. The Morgan fingerprint density at radius 3 is 2.56 bits per heavy atom. The Morgan fingerprint density at radius 2 is 1.85 bits per heavy atom. The fourth-order valence-electron chi connectivity index (χ4n) is 4.98. The third kappa shape index (κ3) is 4.76. The summed E-state index contributed by atoms with van der Waals surface area (Å²) in [4.78, 5) is 33.4. The van der Waals surface area contributed by atoms with Crippen LogP contribution in [-0.2, 0) is 9.59 Å². The molecular formula is C31H30N2O5S. The van der Waals surface area contributed by atoms with Crippen molar-refractivity contribution in [1.82, 2.24) is 4.98 Å². The number of nitrogens with zero attached hydrogens (tertiary/aromatic N) is 2. The molecule has 1 fully saturated rings. The summed E-state index contributed by atoms with van der Waals surface area (Å²) < 4.78 is 12.1. The first-order valence-corrected chi connectivity index (χ1v) is 13.6. The average Bonchev–Trinajstić information content (AvgIpc) is 3.45. The number of anilines is 1. The number of ether oxygens (including phenoxy) is 2. The van der Waals surface area contributed by atoms with Gasteiger partial charge in [0.1, 0.15) is 17.3 Å². The Morgan fingerprint density at radius 1 is 1.05 bits per heavy atom. The molecule has 200 valence electrons. The van der Waals surface area contributed by atoms with Crippen molar-refractivity contribution in [3.8, 4) is 11.5 Å². The number of carbonyl (C=O) groups is 2. The van der Waals surface area contributed by atoms with Crippen LogP contribution in [0.5, 0.6) is 11.5 Å².